The number of carbonyl (C=O) groups is 1. The van der Waals surface area contributed by atoms with E-state index in [1.54, 1.807) is 0 Å². The average molecular weight is 438 g/mol. The van der Waals surface area contributed by atoms with Crippen LogP contribution in [-0.2, 0) is 11.3 Å². The highest BCUT2D eigenvalue weighted by Gasteiger charge is 2.36. The van der Waals surface area contributed by atoms with Gasteiger partial charge < -0.3 is 9.47 Å². The van der Waals surface area contributed by atoms with Gasteiger partial charge >= 0.3 is 0 Å². The second-order valence-electron chi connectivity index (χ2n) is 9.59. The number of imidazole rings is 1. The number of hydrogen-bond donors (Lipinski definition) is 0. The SMILES string of the molecule is Cc1cccc(C)c1N1CC(c2nc3ccccc3n2Cc2ccc(C(C)C)cc2)CC1=O. The summed E-state index contributed by atoms with van der Waals surface area (Å²) in [4.78, 5) is 20.1. The predicted molar refractivity (Wildman–Crippen MR) is 135 cm³/mol. The Morgan fingerprint density at radius 3 is 2.33 bits per heavy atom. The van der Waals surface area contributed by atoms with E-state index in [9.17, 15) is 4.79 Å². The van der Waals surface area contributed by atoms with E-state index in [-0.39, 0.29) is 11.8 Å². The van der Waals surface area contributed by atoms with Gasteiger partial charge in [-0.2, -0.15) is 0 Å². The molecule has 5 rings (SSSR count). The van der Waals surface area contributed by atoms with Crippen LogP contribution < -0.4 is 4.90 Å². The number of aryl methyl sites for hydroxylation is 2. The third-order valence-electron chi connectivity index (χ3n) is 6.87. The molecular formula is C29H31N3O. The summed E-state index contributed by atoms with van der Waals surface area (Å²) in [5.74, 6) is 1.77. The lowest BCUT2D eigenvalue weighted by atomic mass is 10.0. The van der Waals surface area contributed by atoms with Crippen molar-refractivity contribution < 1.29 is 4.79 Å². The lowest BCUT2D eigenvalue weighted by molar-refractivity contribution is -0.117. The van der Waals surface area contributed by atoms with Crippen molar-refractivity contribution in [2.24, 2.45) is 0 Å². The first-order chi connectivity index (χ1) is 15.9. The standard InChI is InChI=1S/C29H31N3O/c1-19(2)23-14-12-22(13-15-23)17-31-26-11-6-5-10-25(26)30-29(31)24-16-27(33)32(18-24)28-20(3)8-7-9-21(28)4/h5-15,19,24H,16-18H2,1-4H3. The van der Waals surface area contributed by atoms with E-state index in [2.05, 4.69) is 92.9 Å². The number of fused-ring (bicyclic) bond motifs is 1. The Hall–Kier alpha value is -3.40. The van der Waals surface area contributed by atoms with Crippen LogP contribution in [0.1, 0.15) is 60.2 Å². The Bertz CT molecular complexity index is 1300. The summed E-state index contributed by atoms with van der Waals surface area (Å²) in [5.41, 5.74) is 8.05. The Labute approximate surface area is 195 Å². The Morgan fingerprint density at radius 1 is 0.939 bits per heavy atom. The van der Waals surface area contributed by atoms with E-state index in [1.165, 1.54) is 11.1 Å². The van der Waals surface area contributed by atoms with Crippen molar-refractivity contribution in [1.29, 1.82) is 0 Å². The Kier molecular flexibility index (Phi) is 5.53. The molecule has 0 bridgehead atoms. The second kappa shape index (κ2) is 8.51. The molecule has 0 radical (unpaired) electrons. The van der Waals surface area contributed by atoms with Crippen LogP contribution in [0, 0.1) is 13.8 Å². The quantitative estimate of drug-likeness (QED) is 0.365. The van der Waals surface area contributed by atoms with Gasteiger partial charge in [0.25, 0.3) is 0 Å². The smallest absolute Gasteiger partial charge is 0.227 e. The van der Waals surface area contributed by atoms with Crippen LogP contribution in [0.4, 0.5) is 5.69 Å². The number of para-hydroxylation sites is 3. The largest absolute Gasteiger partial charge is 0.323 e. The van der Waals surface area contributed by atoms with Gasteiger partial charge in [0.2, 0.25) is 5.91 Å². The number of anilines is 1. The molecule has 4 nitrogen and oxygen atoms in total. The molecule has 1 saturated heterocycles. The fraction of sp³-hybridized carbons (Fsp3) is 0.310. The van der Waals surface area contributed by atoms with Gasteiger partial charge in [0, 0.05) is 31.1 Å². The summed E-state index contributed by atoms with van der Waals surface area (Å²) in [7, 11) is 0. The van der Waals surface area contributed by atoms with Crippen molar-refractivity contribution >= 4 is 22.6 Å². The first-order valence-electron chi connectivity index (χ1n) is 11.8. The molecule has 0 saturated carbocycles. The highest BCUT2D eigenvalue weighted by atomic mass is 16.2. The molecule has 0 aliphatic carbocycles. The summed E-state index contributed by atoms with van der Waals surface area (Å²) in [6.07, 6.45) is 0.489. The van der Waals surface area contributed by atoms with Crippen molar-refractivity contribution in [3.63, 3.8) is 0 Å². The summed E-state index contributed by atoms with van der Waals surface area (Å²) in [5, 5.41) is 0. The first-order valence-corrected chi connectivity index (χ1v) is 11.8. The molecule has 4 aromatic rings. The number of benzene rings is 3. The van der Waals surface area contributed by atoms with Crippen LogP contribution in [0.3, 0.4) is 0 Å². The van der Waals surface area contributed by atoms with Gasteiger partial charge in [0.1, 0.15) is 5.82 Å². The summed E-state index contributed by atoms with van der Waals surface area (Å²) in [6, 6.07) is 23.4. The Balaban J connectivity index is 1.51. The second-order valence-corrected chi connectivity index (χ2v) is 9.59. The maximum absolute atomic E-state index is 13.1. The molecule has 1 unspecified atom stereocenters. The zero-order chi connectivity index (χ0) is 23.1. The number of hydrogen-bond acceptors (Lipinski definition) is 2. The van der Waals surface area contributed by atoms with Gasteiger partial charge in [-0.1, -0.05) is 68.4 Å². The number of rotatable bonds is 5. The number of carbonyl (C=O) groups excluding carboxylic acids is 1. The predicted octanol–water partition coefficient (Wildman–Crippen LogP) is 6.35. The van der Waals surface area contributed by atoms with Crippen molar-refractivity contribution in [2.45, 2.75) is 52.5 Å². The third kappa shape index (κ3) is 3.95. The van der Waals surface area contributed by atoms with Gasteiger partial charge in [-0.3, -0.25) is 4.79 Å². The van der Waals surface area contributed by atoms with Gasteiger partial charge in [-0.05, 0) is 54.2 Å². The van der Waals surface area contributed by atoms with E-state index in [1.807, 2.05) is 11.0 Å². The zero-order valence-electron chi connectivity index (χ0n) is 19.9. The van der Waals surface area contributed by atoms with Crippen molar-refractivity contribution in [3.05, 3.63) is 94.8 Å². The lowest BCUT2D eigenvalue weighted by Gasteiger charge is -2.21. The fourth-order valence-electron chi connectivity index (χ4n) is 5.09. The van der Waals surface area contributed by atoms with Crippen LogP contribution in [0.5, 0.6) is 0 Å². The third-order valence-corrected chi connectivity index (χ3v) is 6.87. The van der Waals surface area contributed by atoms with Gasteiger partial charge in [-0.25, -0.2) is 4.98 Å². The molecule has 2 heterocycles. The van der Waals surface area contributed by atoms with Crippen LogP contribution in [0.15, 0.2) is 66.7 Å². The Morgan fingerprint density at radius 2 is 1.64 bits per heavy atom. The van der Waals surface area contributed by atoms with Crippen molar-refractivity contribution in [3.8, 4) is 0 Å². The summed E-state index contributed by atoms with van der Waals surface area (Å²) < 4.78 is 2.31. The number of amides is 1. The molecule has 1 aliphatic heterocycles. The maximum Gasteiger partial charge on any atom is 0.227 e. The van der Waals surface area contributed by atoms with Gasteiger partial charge in [0.05, 0.1) is 11.0 Å². The average Bonchev–Trinajstić information content (AvgIpc) is 3.35. The molecule has 168 valence electrons. The molecular weight excluding hydrogens is 406 g/mol. The van der Waals surface area contributed by atoms with Crippen LogP contribution in [-0.4, -0.2) is 22.0 Å². The van der Waals surface area contributed by atoms with E-state index < -0.39 is 0 Å². The molecule has 0 spiro atoms. The topological polar surface area (TPSA) is 38.1 Å². The van der Waals surface area contributed by atoms with E-state index in [4.69, 9.17) is 4.98 Å². The van der Waals surface area contributed by atoms with E-state index >= 15 is 0 Å². The summed E-state index contributed by atoms with van der Waals surface area (Å²) >= 11 is 0. The molecule has 0 N–H and O–H groups in total. The molecule has 1 aliphatic rings. The fourth-order valence-corrected chi connectivity index (χ4v) is 5.09. The normalized spacial score (nSPS) is 16.3. The lowest BCUT2D eigenvalue weighted by Crippen LogP contribution is -2.26. The highest BCUT2D eigenvalue weighted by molar-refractivity contribution is 5.98. The van der Waals surface area contributed by atoms with Crippen molar-refractivity contribution in [1.82, 2.24) is 9.55 Å². The van der Waals surface area contributed by atoms with Gasteiger partial charge in [-0.15, -0.1) is 0 Å². The summed E-state index contributed by atoms with van der Waals surface area (Å²) in [6.45, 7) is 10.0. The van der Waals surface area contributed by atoms with Crippen LogP contribution in [0.25, 0.3) is 11.0 Å². The monoisotopic (exact) mass is 437 g/mol. The minimum absolute atomic E-state index is 0.0684. The minimum atomic E-state index is 0.0684. The molecule has 1 aromatic heterocycles. The number of aromatic nitrogens is 2. The van der Waals surface area contributed by atoms with Gasteiger partial charge in [0.15, 0.2) is 0 Å². The molecule has 33 heavy (non-hydrogen) atoms. The highest BCUT2D eigenvalue weighted by Crippen LogP contribution is 2.36. The molecule has 1 atom stereocenters. The number of nitrogens with zero attached hydrogens (tertiary/aromatic N) is 3. The first kappa shape index (κ1) is 21.4. The van der Waals surface area contributed by atoms with E-state index in [0.717, 1.165) is 40.2 Å². The molecule has 3 aromatic carbocycles. The van der Waals surface area contributed by atoms with Crippen molar-refractivity contribution in [2.75, 3.05) is 11.4 Å². The zero-order valence-corrected chi connectivity index (χ0v) is 19.9. The molecule has 1 fully saturated rings. The van der Waals surface area contributed by atoms with E-state index in [0.29, 0.717) is 18.9 Å². The molecule has 1 amide bonds. The molecule has 4 heteroatoms. The maximum atomic E-state index is 13.1. The van der Waals surface area contributed by atoms with Crippen LogP contribution >= 0.6 is 0 Å². The minimum Gasteiger partial charge on any atom is -0.323 e. The van der Waals surface area contributed by atoms with Crippen LogP contribution in [0.2, 0.25) is 0 Å².